The monoisotopic (exact) mass is 147 g/mol. The lowest BCUT2D eigenvalue weighted by molar-refractivity contribution is 0.983. The number of allylic oxidation sites excluding steroid dienone is 4. The van der Waals surface area contributed by atoms with E-state index in [0.29, 0.717) is 0 Å². The summed E-state index contributed by atoms with van der Waals surface area (Å²) in [6.45, 7) is 5.66. The van der Waals surface area contributed by atoms with Gasteiger partial charge in [0, 0.05) is 6.21 Å². The molecule has 0 aliphatic heterocycles. The van der Waals surface area contributed by atoms with Crippen LogP contribution in [-0.4, -0.2) is 6.21 Å². The van der Waals surface area contributed by atoms with Gasteiger partial charge in [-0.2, -0.15) is 0 Å². The first-order chi connectivity index (χ1) is 5.34. The Bertz CT molecular complexity index is 231. The van der Waals surface area contributed by atoms with Crippen LogP contribution in [0, 0.1) is 0 Å². The molecule has 58 valence electrons. The minimum absolute atomic E-state index is 1.09. The number of nitrogens with zero attached hydrogens (tertiary/aromatic N) is 1. The van der Waals surface area contributed by atoms with Crippen LogP contribution >= 0.6 is 0 Å². The van der Waals surface area contributed by atoms with Crippen molar-refractivity contribution in [3.8, 4) is 0 Å². The van der Waals surface area contributed by atoms with Crippen molar-refractivity contribution in [3.05, 3.63) is 36.1 Å². The van der Waals surface area contributed by atoms with E-state index in [1.165, 1.54) is 5.57 Å². The molecular formula is C10H13N. The SMILES string of the molecule is C=C/C=N\C1=CCCC=C1C. The molecule has 0 radical (unpaired) electrons. The Morgan fingerprint density at radius 1 is 1.45 bits per heavy atom. The summed E-state index contributed by atoms with van der Waals surface area (Å²) in [7, 11) is 0. The van der Waals surface area contributed by atoms with Crippen LogP contribution in [0.3, 0.4) is 0 Å². The molecule has 1 aliphatic rings. The number of hydrogen-bond acceptors (Lipinski definition) is 1. The Morgan fingerprint density at radius 2 is 2.18 bits per heavy atom. The van der Waals surface area contributed by atoms with Crippen molar-refractivity contribution in [1.29, 1.82) is 0 Å². The van der Waals surface area contributed by atoms with E-state index in [2.05, 4.69) is 30.6 Å². The molecule has 1 heteroatoms. The third kappa shape index (κ3) is 2.19. The number of aliphatic imine (C=N–C) groups is 1. The topological polar surface area (TPSA) is 12.4 Å². The summed E-state index contributed by atoms with van der Waals surface area (Å²) < 4.78 is 0. The second-order valence-corrected chi connectivity index (χ2v) is 2.57. The van der Waals surface area contributed by atoms with Crippen molar-refractivity contribution in [2.75, 3.05) is 0 Å². The van der Waals surface area contributed by atoms with E-state index in [-0.39, 0.29) is 0 Å². The summed E-state index contributed by atoms with van der Waals surface area (Å²) in [5.74, 6) is 0. The molecule has 1 rings (SSSR count). The standard InChI is InChI=1S/C10H13N/c1-3-8-11-10-7-5-4-6-9(10)2/h3,6-8H,1,4-5H2,2H3/b11-8-. The highest BCUT2D eigenvalue weighted by Gasteiger charge is 2.00. The molecule has 0 saturated carbocycles. The molecule has 0 aromatic rings. The van der Waals surface area contributed by atoms with Crippen molar-refractivity contribution in [3.63, 3.8) is 0 Å². The molecule has 0 saturated heterocycles. The van der Waals surface area contributed by atoms with Gasteiger partial charge < -0.3 is 0 Å². The molecule has 0 aromatic carbocycles. The lowest BCUT2D eigenvalue weighted by Gasteiger charge is -2.06. The Hall–Kier alpha value is -1.11. The van der Waals surface area contributed by atoms with Gasteiger partial charge in [-0.3, -0.25) is 4.99 Å². The van der Waals surface area contributed by atoms with E-state index in [0.717, 1.165) is 18.5 Å². The molecule has 0 aromatic heterocycles. The van der Waals surface area contributed by atoms with Gasteiger partial charge in [-0.1, -0.05) is 24.8 Å². The van der Waals surface area contributed by atoms with Gasteiger partial charge in [-0.05, 0) is 25.3 Å². The molecule has 0 heterocycles. The van der Waals surface area contributed by atoms with E-state index < -0.39 is 0 Å². The fraction of sp³-hybridized carbons (Fsp3) is 0.300. The molecule has 0 fully saturated rings. The van der Waals surface area contributed by atoms with Gasteiger partial charge in [0.25, 0.3) is 0 Å². The first-order valence-electron chi connectivity index (χ1n) is 3.87. The Kier molecular flexibility index (Phi) is 2.84. The summed E-state index contributed by atoms with van der Waals surface area (Å²) in [6, 6.07) is 0. The molecule has 0 spiro atoms. The van der Waals surface area contributed by atoms with E-state index in [1.807, 2.05) is 0 Å². The fourth-order valence-electron chi connectivity index (χ4n) is 1.07. The number of rotatable bonds is 2. The second-order valence-electron chi connectivity index (χ2n) is 2.57. The van der Waals surface area contributed by atoms with E-state index >= 15 is 0 Å². The second kappa shape index (κ2) is 3.91. The zero-order valence-electron chi connectivity index (χ0n) is 6.88. The van der Waals surface area contributed by atoms with Crippen LogP contribution in [-0.2, 0) is 0 Å². The van der Waals surface area contributed by atoms with Crippen LogP contribution in [0.2, 0.25) is 0 Å². The predicted octanol–water partition coefficient (Wildman–Crippen LogP) is 2.87. The minimum atomic E-state index is 1.09. The molecule has 0 bridgehead atoms. The predicted molar refractivity (Wildman–Crippen MR) is 49.8 cm³/mol. The van der Waals surface area contributed by atoms with Crippen molar-refractivity contribution < 1.29 is 0 Å². The van der Waals surface area contributed by atoms with Gasteiger partial charge in [0.05, 0.1) is 5.70 Å². The molecule has 11 heavy (non-hydrogen) atoms. The first-order valence-corrected chi connectivity index (χ1v) is 3.87. The maximum Gasteiger partial charge on any atom is 0.0615 e. The van der Waals surface area contributed by atoms with Gasteiger partial charge in [-0.15, -0.1) is 0 Å². The van der Waals surface area contributed by atoms with Crippen LogP contribution in [0.15, 0.2) is 41.1 Å². The maximum absolute atomic E-state index is 4.23. The van der Waals surface area contributed by atoms with Crippen molar-refractivity contribution in [2.45, 2.75) is 19.8 Å². The molecule has 1 nitrogen and oxygen atoms in total. The van der Waals surface area contributed by atoms with Crippen molar-refractivity contribution in [2.24, 2.45) is 4.99 Å². The highest BCUT2D eigenvalue weighted by Crippen LogP contribution is 2.18. The zero-order valence-corrected chi connectivity index (χ0v) is 6.88. The minimum Gasteiger partial charge on any atom is -0.257 e. The Labute approximate surface area is 67.8 Å². The summed E-state index contributed by atoms with van der Waals surface area (Å²) in [6.07, 6.45) is 10.1. The summed E-state index contributed by atoms with van der Waals surface area (Å²) in [4.78, 5) is 4.23. The quantitative estimate of drug-likeness (QED) is 0.532. The van der Waals surface area contributed by atoms with Gasteiger partial charge in [-0.25, -0.2) is 0 Å². The average molecular weight is 147 g/mol. The fourth-order valence-corrected chi connectivity index (χ4v) is 1.07. The Morgan fingerprint density at radius 3 is 2.82 bits per heavy atom. The van der Waals surface area contributed by atoms with Gasteiger partial charge in [0.2, 0.25) is 0 Å². The Balaban J connectivity index is 2.70. The summed E-state index contributed by atoms with van der Waals surface area (Å²) >= 11 is 0. The highest BCUT2D eigenvalue weighted by atomic mass is 14.7. The largest absolute Gasteiger partial charge is 0.257 e. The normalized spacial score (nSPS) is 17.9. The van der Waals surface area contributed by atoms with Gasteiger partial charge >= 0.3 is 0 Å². The van der Waals surface area contributed by atoms with E-state index in [4.69, 9.17) is 0 Å². The van der Waals surface area contributed by atoms with Crippen molar-refractivity contribution in [1.82, 2.24) is 0 Å². The van der Waals surface area contributed by atoms with E-state index in [1.54, 1.807) is 12.3 Å². The lowest BCUT2D eigenvalue weighted by atomic mass is 10.1. The first kappa shape index (κ1) is 7.99. The smallest absolute Gasteiger partial charge is 0.0615 e. The summed E-state index contributed by atoms with van der Waals surface area (Å²) in [5.41, 5.74) is 2.37. The third-order valence-corrected chi connectivity index (χ3v) is 1.68. The van der Waals surface area contributed by atoms with Crippen LogP contribution in [0.5, 0.6) is 0 Å². The van der Waals surface area contributed by atoms with Crippen LogP contribution in [0.4, 0.5) is 0 Å². The van der Waals surface area contributed by atoms with Gasteiger partial charge in [0.15, 0.2) is 0 Å². The van der Waals surface area contributed by atoms with E-state index in [9.17, 15) is 0 Å². The lowest BCUT2D eigenvalue weighted by Crippen LogP contribution is -1.88. The molecule has 0 amide bonds. The molecule has 0 unspecified atom stereocenters. The van der Waals surface area contributed by atoms with Gasteiger partial charge in [0.1, 0.15) is 0 Å². The third-order valence-electron chi connectivity index (χ3n) is 1.68. The zero-order chi connectivity index (χ0) is 8.10. The molecular weight excluding hydrogens is 134 g/mol. The van der Waals surface area contributed by atoms with Crippen LogP contribution in [0.1, 0.15) is 19.8 Å². The number of hydrogen-bond donors (Lipinski definition) is 0. The van der Waals surface area contributed by atoms with Crippen molar-refractivity contribution >= 4 is 6.21 Å². The van der Waals surface area contributed by atoms with Crippen LogP contribution < -0.4 is 0 Å². The molecule has 0 N–H and O–H groups in total. The average Bonchev–Trinajstić information content (AvgIpc) is 2.03. The molecule has 0 atom stereocenters. The van der Waals surface area contributed by atoms with Crippen LogP contribution in [0.25, 0.3) is 0 Å². The highest BCUT2D eigenvalue weighted by molar-refractivity contribution is 5.72. The maximum atomic E-state index is 4.23. The summed E-state index contributed by atoms with van der Waals surface area (Å²) in [5, 5.41) is 0. The molecule has 1 aliphatic carbocycles.